The second-order valence-electron chi connectivity index (χ2n) is 5.78. The lowest BCUT2D eigenvalue weighted by atomic mass is 10.2. The fourth-order valence-electron chi connectivity index (χ4n) is 2.58. The fourth-order valence-corrected chi connectivity index (χ4v) is 3.41. The average molecular weight is 344 g/mol. The molecule has 3 rings (SSSR count). The molecule has 0 N–H and O–H groups in total. The van der Waals surface area contributed by atoms with E-state index in [1.54, 1.807) is 18.2 Å². The highest BCUT2D eigenvalue weighted by molar-refractivity contribution is 8.18. The third-order valence-corrected chi connectivity index (χ3v) is 5.14. The van der Waals surface area contributed by atoms with Gasteiger partial charge in [-0.15, -0.1) is 0 Å². The highest BCUT2D eigenvalue weighted by Crippen LogP contribution is 2.34. The summed E-state index contributed by atoms with van der Waals surface area (Å²) in [5.74, 6) is -0.655. The van der Waals surface area contributed by atoms with Gasteiger partial charge in [0.05, 0.1) is 11.4 Å². The second kappa shape index (κ2) is 6.28. The van der Waals surface area contributed by atoms with Gasteiger partial charge in [0.25, 0.3) is 11.1 Å². The SMILES string of the molecule is Cc1cc(/C=C2/SC(=O)N(Cc3ccc(F)cc3)C2=O)c(C)n1C. The van der Waals surface area contributed by atoms with Crippen LogP contribution in [0.1, 0.15) is 22.5 Å². The Morgan fingerprint density at radius 1 is 1.17 bits per heavy atom. The van der Waals surface area contributed by atoms with Gasteiger partial charge in [0, 0.05) is 18.4 Å². The molecule has 6 heteroatoms. The maximum absolute atomic E-state index is 13.0. The first-order valence-corrected chi connectivity index (χ1v) is 8.31. The molecule has 0 radical (unpaired) electrons. The molecular weight excluding hydrogens is 327 g/mol. The molecule has 1 aliphatic heterocycles. The number of amides is 2. The van der Waals surface area contributed by atoms with E-state index in [9.17, 15) is 14.0 Å². The van der Waals surface area contributed by atoms with Crippen LogP contribution in [-0.4, -0.2) is 20.6 Å². The van der Waals surface area contributed by atoms with Gasteiger partial charge in [0.2, 0.25) is 0 Å². The first-order valence-electron chi connectivity index (χ1n) is 7.49. The maximum atomic E-state index is 13.0. The predicted octanol–water partition coefficient (Wildman–Crippen LogP) is 4.02. The van der Waals surface area contributed by atoms with Crippen molar-refractivity contribution in [3.8, 4) is 0 Å². The van der Waals surface area contributed by atoms with E-state index in [0.717, 1.165) is 28.7 Å². The highest BCUT2D eigenvalue weighted by Gasteiger charge is 2.35. The van der Waals surface area contributed by atoms with Gasteiger partial charge in [-0.05, 0) is 61.0 Å². The zero-order chi connectivity index (χ0) is 17.4. The van der Waals surface area contributed by atoms with Gasteiger partial charge < -0.3 is 4.57 Å². The van der Waals surface area contributed by atoms with E-state index >= 15 is 0 Å². The first-order chi connectivity index (χ1) is 11.4. The van der Waals surface area contributed by atoms with Gasteiger partial charge in [0.15, 0.2) is 0 Å². The van der Waals surface area contributed by atoms with Crippen molar-refractivity contribution in [1.29, 1.82) is 0 Å². The van der Waals surface area contributed by atoms with Crippen molar-refractivity contribution < 1.29 is 14.0 Å². The summed E-state index contributed by atoms with van der Waals surface area (Å²) in [4.78, 5) is 26.3. The van der Waals surface area contributed by atoms with Crippen LogP contribution in [0.3, 0.4) is 0 Å². The van der Waals surface area contributed by atoms with E-state index in [1.807, 2.05) is 31.5 Å². The molecule has 1 saturated heterocycles. The summed E-state index contributed by atoms with van der Waals surface area (Å²) in [6.07, 6.45) is 1.76. The highest BCUT2D eigenvalue weighted by atomic mass is 32.2. The second-order valence-corrected chi connectivity index (χ2v) is 6.77. The molecule has 0 aliphatic carbocycles. The van der Waals surface area contributed by atoms with Crippen LogP contribution < -0.4 is 0 Å². The molecule has 1 aliphatic rings. The van der Waals surface area contributed by atoms with Crippen molar-refractivity contribution in [2.24, 2.45) is 7.05 Å². The maximum Gasteiger partial charge on any atom is 0.293 e. The van der Waals surface area contributed by atoms with Crippen molar-refractivity contribution in [3.05, 3.63) is 63.6 Å². The number of nitrogens with zero attached hydrogens (tertiary/aromatic N) is 2. The molecule has 0 spiro atoms. The molecule has 2 amide bonds. The number of carbonyl (C=O) groups excluding carboxylic acids is 2. The minimum Gasteiger partial charge on any atom is -0.352 e. The number of halogens is 1. The fraction of sp³-hybridized carbons (Fsp3) is 0.222. The number of thioether (sulfide) groups is 1. The Balaban J connectivity index is 1.84. The summed E-state index contributed by atoms with van der Waals surface area (Å²) in [6.45, 7) is 4.11. The summed E-state index contributed by atoms with van der Waals surface area (Å²) in [7, 11) is 1.96. The van der Waals surface area contributed by atoms with Gasteiger partial charge in [0.1, 0.15) is 5.82 Å². The van der Waals surface area contributed by atoms with Gasteiger partial charge in [-0.2, -0.15) is 0 Å². The normalized spacial score (nSPS) is 16.5. The summed E-state index contributed by atoms with van der Waals surface area (Å²) in [5.41, 5.74) is 3.77. The molecule has 0 atom stereocenters. The lowest BCUT2D eigenvalue weighted by molar-refractivity contribution is -0.123. The van der Waals surface area contributed by atoms with Gasteiger partial charge >= 0.3 is 0 Å². The number of aromatic nitrogens is 1. The molecule has 124 valence electrons. The molecule has 2 aromatic rings. The first kappa shape index (κ1) is 16.5. The summed E-state index contributed by atoms with van der Waals surface area (Å²) in [5, 5.41) is -0.305. The summed E-state index contributed by atoms with van der Waals surface area (Å²) in [6, 6.07) is 7.78. The third-order valence-electron chi connectivity index (χ3n) is 4.23. The third kappa shape index (κ3) is 3.01. The Bertz CT molecular complexity index is 853. The molecular formula is C18H17FN2O2S. The predicted molar refractivity (Wildman–Crippen MR) is 92.8 cm³/mol. The monoisotopic (exact) mass is 344 g/mol. The van der Waals surface area contributed by atoms with Gasteiger partial charge in [-0.25, -0.2) is 4.39 Å². The zero-order valence-corrected chi connectivity index (χ0v) is 14.5. The Kier molecular flexibility index (Phi) is 4.32. The lowest BCUT2D eigenvalue weighted by Gasteiger charge is -2.12. The number of imide groups is 1. The minimum absolute atomic E-state index is 0.148. The van der Waals surface area contributed by atoms with Crippen molar-refractivity contribution >= 4 is 29.0 Å². The molecule has 1 aromatic heterocycles. The smallest absolute Gasteiger partial charge is 0.293 e. The van der Waals surface area contributed by atoms with Crippen LogP contribution in [0.5, 0.6) is 0 Å². The molecule has 0 saturated carbocycles. The standard InChI is InChI=1S/C18H17FN2O2S/c1-11-8-14(12(2)20(11)3)9-16-17(22)21(18(23)24-16)10-13-4-6-15(19)7-5-13/h4-9H,10H2,1-3H3/b16-9+. The molecule has 0 unspecified atom stereocenters. The van der Waals surface area contributed by atoms with E-state index in [2.05, 4.69) is 0 Å². The number of hydrogen-bond donors (Lipinski definition) is 0. The topological polar surface area (TPSA) is 42.3 Å². The van der Waals surface area contributed by atoms with E-state index in [4.69, 9.17) is 0 Å². The Hall–Kier alpha value is -2.34. The van der Waals surface area contributed by atoms with Crippen molar-refractivity contribution in [2.75, 3.05) is 0 Å². The van der Waals surface area contributed by atoms with Crippen LogP contribution in [0, 0.1) is 19.7 Å². The van der Waals surface area contributed by atoms with Gasteiger partial charge in [-0.3, -0.25) is 14.5 Å². The lowest BCUT2D eigenvalue weighted by Crippen LogP contribution is -2.27. The Morgan fingerprint density at radius 2 is 1.83 bits per heavy atom. The quantitative estimate of drug-likeness (QED) is 0.790. The number of benzene rings is 1. The summed E-state index contributed by atoms with van der Waals surface area (Å²) >= 11 is 0.938. The molecule has 2 heterocycles. The van der Waals surface area contributed by atoms with Crippen LogP contribution in [0.2, 0.25) is 0 Å². The van der Waals surface area contributed by atoms with Crippen LogP contribution in [0.4, 0.5) is 9.18 Å². The minimum atomic E-state index is -0.345. The number of hydrogen-bond acceptors (Lipinski definition) is 3. The number of rotatable bonds is 3. The molecule has 1 fully saturated rings. The van der Waals surface area contributed by atoms with Crippen LogP contribution >= 0.6 is 11.8 Å². The Labute approximate surface area is 144 Å². The van der Waals surface area contributed by atoms with E-state index < -0.39 is 0 Å². The number of carbonyl (C=O) groups is 2. The van der Waals surface area contributed by atoms with Gasteiger partial charge in [-0.1, -0.05) is 12.1 Å². The summed E-state index contributed by atoms with van der Waals surface area (Å²) < 4.78 is 15.0. The van der Waals surface area contributed by atoms with Crippen molar-refractivity contribution in [3.63, 3.8) is 0 Å². The Morgan fingerprint density at radius 3 is 2.42 bits per heavy atom. The average Bonchev–Trinajstić information content (AvgIpc) is 2.95. The van der Waals surface area contributed by atoms with Crippen LogP contribution in [0.25, 0.3) is 6.08 Å². The molecule has 1 aromatic carbocycles. The number of aryl methyl sites for hydroxylation is 1. The van der Waals surface area contributed by atoms with E-state index in [-0.39, 0.29) is 23.5 Å². The van der Waals surface area contributed by atoms with Crippen LogP contribution in [0.15, 0.2) is 35.2 Å². The largest absolute Gasteiger partial charge is 0.352 e. The molecule has 4 nitrogen and oxygen atoms in total. The zero-order valence-electron chi connectivity index (χ0n) is 13.7. The molecule has 24 heavy (non-hydrogen) atoms. The van der Waals surface area contributed by atoms with Crippen molar-refractivity contribution in [2.45, 2.75) is 20.4 Å². The molecule has 0 bridgehead atoms. The van der Waals surface area contributed by atoms with E-state index in [1.165, 1.54) is 17.0 Å². The van der Waals surface area contributed by atoms with E-state index in [0.29, 0.717) is 10.5 Å². The van der Waals surface area contributed by atoms with Crippen molar-refractivity contribution in [1.82, 2.24) is 9.47 Å². The van der Waals surface area contributed by atoms with Crippen LogP contribution in [-0.2, 0) is 18.4 Å².